The number of hydrogen-bond acceptors (Lipinski definition) is 4. The van der Waals surface area contributed by atoms with Gasteiger partial charge in [0.2, 0.25) is 15.9 Å². The van der Waals surface area contributed by atoms with E-state index in [0.29, 0.717) is 18.7 Å². The van der Waals surface area contributed by atoms with E-state index < -0.39 is 10.0 Å². The van der Waals surface area contributed by atoms with E-state index >= 15 is 0 Å². The summed E-state index contributed by atoms with van der Waals surface area (Å²) in [7, 11) is -3.62. The van der Waals surface area contributed by atoms with Crippen LogP contribution in [0, 0.1) is 0 Å². The molecular weight excluding hydrogens is 290 g/mol. The van der Waals surface area contributed by atoms with E-state index in [1.807, 2.05) is 6.92 Å². The number of carbonyl (C=O) groups excluding carboxylic acids is 1. The minimum atomic E-state index is -3.62. The second-order valence-corrected chi connectivity index (χ2v) is 6.89. The summed E-state index contributed by atoms with van der Waals surface area (Å²) in [5.41, 5.74) is 7.22. The lowest BCUT2D eigenvalue weighted by atomic mass is 10.2. The predicted molar refractivity (Wildman–Crippen MR) is 81.6 cm³/mol. The molecule has 116 valence electrons. The molecule has 2 rings (SSSR count). The molecular formula is C14H21N3O3S. The van der Waals surface area contributed by atoms with E-state index in [1.165, 1.54) is 6.92 Å². The van der Waals surface area contributed by atoms with Gasteiger partial charge >= 0.3 is 0 Å². The number of sulfonamides is 1. The minimum Gasteiger partial charge on any atom is -0.329 e. The van der Waals surface area contributed by atoms with Crippen molar-refractivity contribution in [3.8, 4) is 0 Å². The molecule has 1 unspecified atom stereocenters. The van der Waals surface area contributed by atoms with Crippen molar-refractivity contribution in [1.29, 1.82) is 0 Å². The number of nitrogens with two attached hydrogens (primary N) is 1. The van der Waals surface area contributed by atoms with Gasteiger partial charge in [-0.05, 0) is 30.5 Å². The first-order valence-electron chi connectivity index (χ1n) is 7.02. The molecule has 1 aliphatic rings. The van der Waals surface area contributed by atoms with Gasteiger partial charge in [0.1, 0.15) is 0 Å². The van der Waals surface area contributed by atoms with Crippen LogP contribution in [0.2, 0.25) is 0 Å². The fourth-order valence-corrected chi connectivity index (χ4v) is 3.79. The Morgan fingerprint density at radius 2 is 2.19 bits per heavy atom. The van der Waals surface area contributed by atoms with Crippen LogP contribution in [0.4, 0.5) is 5.69 Å². The van der Waals surface area contributed by atoms with Gasteiger partial charge in [-0.1, -0.05) is 13.0 Å². The lowest BCUT2D eigenvalue weighted by Gasteiger charge is -2.18. The molecule has 0 spiro atoms. The number of benzene rings is 1. The van der Waals surface area contributed by atoms with Crippen LogP contribution in [-0.2, 0) is 21.2 Å². The van der Waals surface area contributed by atoms with Crippen LogP contribution in [0.15, 0.2) is 23.1 Å². The third-order valence-electron chi connectivity index (χ3n) is 3.74. The fraction of sp³-hybridized carbons (Fsp3) is 0.500. The van der Waals surface area contributed by atoms with Crippen LogP contribution in [0.3, 0.4) is 0 Å². The molecule has 0 aliphatic carbocycles. The molecule has 0 aromatic heterocycles. The molecule has 1 aromatic rings. The van der Waals surface area contributed by atoms with Gasteiger partial charge in [0.15, 0.2) is 0 Å². The van der Waals surface area contributed by atoms with Gasteiger partial charge in [0.05, 0.1) is 4.90 Å². The average molecular weight is 311 g/mol. The van der Waals surface area contributed by atoms with Gasteiger partial charge in [0, 0.05) is 31.7 Å². The molecule has 0 saturated carbocycles. The van der Waals surface area contributed by atoms with Crippen LogP contribution in [0.5, 0.6) is 0 Å². The van der Waals surface area contributed by atoms with E-state index in [9.17, 15) is 13.2 Å². The summed E-state index contributed by atoms with van der Waals surface area (Å²) in [4.78, 5) is 13.4. The molecule has 0 bridgehead atoms. The largest absolute Gasteiger partial charge is 0.329 e. The monoisotopic (exact) mass is 311 g/mol. The van der Waals surface area contributed by atoms with Crippen molar-refractivity contribution in [2.75, 3.05) is 18.0 Å². The second-order valence-electron chi connectivity index (χ2n) is 5.17. The molecule has 3 N–H and O–H groups in total. The fourth-order valence-electron chi connectivity index (χ4n) is 2.44. The highest BCUT2D eigenvalue weighted by Crippen LogP contribution is 2.30. The minimum absolute atomic E-state index is 0.0790. The number of anilines is 1. The zero-order valence-electron chi connectivity index (χ0n) is 12.3. The number of nitrogens with one attached hydrogen (secondary N) is 1. The van der Waals surface area contributed by atoms with Gasteiger partial charge in [0.25, 0.3) is 0 Å². The summed E-state index contributed by atoms with van der Waals surface area (Å²) < 4.78 is 27.3. The quantitative estimate of drug-likeness (QED) is 0.833. The van der Waals surface area contributed by atoms with Gasteiger partial charge in [-0.15, -0.1) is 0 Å². The van der Waals surface area contributed by atoms with E-state index in [2.05, 4.69) is 4.72 Å². The van der Waals surface area contributed by atoms with Crippen molar-refractivity contribution < 1.29 is 13.2 Å². The Morgan fingerprint density at radius 3 is 2.76 bits per heavy atom. The number of nitrogens with zero attached hydrogens (tertiary/aromatic N) is 1. The Bertz CT molecular complexity index is 639. The standard InChI is InChI=1S/C14H21N3O3S/c1-3-12(9-15)16-21(19,20)13-5-4-11-6-7-17(10(2)18)14(11)8-13/h4-5,8,12,16H,3,6-7,9,15H2,1-2H3. The van der Waals surface area contributed by atoms with Crippen molar-refractivity contribution >= 4 is 21.6 Å². The highest BCUT2D eigenvalue weighted by molar-refractivity contribution is 7.89. The maximum Gasteiger partial charge on any atom is 0.240 e. The Morgan fingerprint density at radius 1 is 1.48 bits per heavy atom. The number of hydrogen-bond donors (Lipinski definition) is 2. The van der Waals surface area contributed by atoms with E-state index in [4.69, 9.17) is 5.73 Å². The Hall–Kier alpha value is -1.44. The molecule has 0 saturated heterocycles. The summed E-state index contributed by atoms with van der Waals surface area (Å²) >= 11 is 0. The summed E-state index contributed by atoms with van der Waals surface area (Å²) in [6, 6.07) is 4.63. The number of carbonyl (C=O) groups is 1. The van der Waals surface area contributed by atoms with Gasteiger partial charge in [-0.2, -0.15) is 0 Å². The van der Waals surface area contributed by atoms with Crippen LogP contribution >= 0.6 is 0 Å². The molecule has 1 heterocycles. The Kier molecular flexibility index (Phi) is 4.65. The SMILES string of the molecule is CCC(CN)NS(=O)(=O)c1ccc2c(c1)N(C(C)=O)CC2. The molecule has 0 fully saturated rings. The molecule has 21 heavy (non-hydrogen) atoms. The first-order valence-corrected chi connectivity index (χ1v) is 8.50. The van der Waals surface area contributed by atoms with Crippen molar-refractivity contribution in [3.63, 3.8) is 0 Å². The average Bonchev–Trinajstić information content (AvgIpc) is 2.87. The van der Waals surface area contributed by atoms with Gasteiger partial charge in [-0.25, -0.2) is 13.1 Å². The van der Waals surface area contributed by atoms with E-state index in [0.717, 1.165) is 12.0 Å². The molecule has 1 aliphatic heterocycles. The third kappa shape index (κ3) is 3.25. The first kappa shape index (κ1) is 15.9. The highest BCUT2D eigenvalue weighted by Gasteiger charge is 2.25. The summed E-state index contributed by atoms with van der Waals surface area (Å²) in [6.45, 7) is 4.21. The normalized spacial score (nSPS) is 15.9. The zero-order chi connectivity index (χ0) is 15.6. The Balaban J connectivity index is 2.34. The number of amides is 1. The molecule has 1 aromatic carbocycles. The van der Waals surface area contributed by atoms with Crippen molar-refractivity contribution in [3.05, 3.63) is 23.8 Å². The van der Waals surface area contributed by atoms with Crippen molar-refractivity contribution in [2.45, 2.75) is 37.6 Å². The maximum atomic E-state index is 12.4. The maximum absolute atomic E-state index is 12.4. The second kappa shape index (κ2) is 6.13. The molecule has 1 amide bonds. The third-order valence-corrected chi connectivity index (χ3v) is 5.26. The summed E-state index contributed by atoms with van der Waals surface area (Å²) in [6.07, 6.45) is 1.38. The van der Waals surface area contributed by atoms with Crippen LogP contribution in [0.1, 0.15) is 25.8 Å². The first-order chi connectivity index (χ1) is 9.89. The van der Waals surface area contributed by atoms with Gasteiger partial charge in [-0.3, -0.25) is 4.79 Å². The Labute approximate surface area is 125 Å². The number of fused-ring (bicyclic) bond motifs is 1. The molecule has 6 nitrogen and oxygen atoms in total. The van der Waals surface area contributed by atoms with Crippen LogP contribution in [0.25, 0.3) is 0 Å². The lowest BCUT2D eigenvalue weighted by molar-refractivity contribution is -0.116. The van der Waals surface area contributed by atoms with Crippen molar-refractivity contribution in [1.82, 2.24) is 4.72 Å². The predicted octanol–water partition coefficient (Wildman–Crippen LogP) is 0.611. The molecule has 7 heteroatoms. The van der Waals surface area contributed by atoms with Gasteiger partial charge < -0.3 is 10.6 Å². The van der Waals surface area contributed by atoms with Crippen molar-refractivity contribution in [2.24, 2.45) is 5.73 Å². The van der Waals surface area contributed by atoms with Crippen LogP contribution in [-0.4, -0.2) is 33.5 Å². The smallest absolute Gasteiger partial charge is 0.240 e. The molecule has 1 atom stereocenters. The zero-order valence-corrected chi connectivity index (χ0v) is 13.1. The van der Waals surface area contributed by atoms with E-state index in [-0.39, 0.29) is 23.4 Å². The summed E-state index contributed by atoms with van der Waals surface area (Å²) in [5, 5.41) is 0. The van der Waals surface area contributed by atoms with E-state index in [1.54, 1.807) is 23.1 Å². The molecule has 0 radical (unpaired) electrons. The highest BCUT2D eigenvalue weighted by atomic mass is 32.2. The number of rotatable bonds is 5. The topological polar surface area (TPSA) is 92.5 Å². The summed E-state index contributed by atoms with van der Waals surface area (Å²) in [5.74, 6) is -0.0790. The lowest BCUT2D eigenvalue weighted by Crippen LogP contribution is -2.39. The van der Waals surface area contributed by atoms with Crippen LogP contribution < -0.4 is 15.4 Å².